The highest BCUT2D eigenvalue weighted by molar-refractivity contribution is 5.90. The quantitative estimate of drug-likeness (QED) is 0.772. The molecule has 1 aromatic carbocycles. The van der Waals surface area contributed by atoms with Gasteiger partial charge in [0, 0.05) is 12.1 Å². The van der Waals surface area contributed by atoms with Crippen LogP contribution in [0.15, 0.2) is 24.3 Å². The Morgan fingerprint density at radius 1 is 1.22 bits per heavy atom. The molecule has 7 heteroatoms. The number of anilines is 1. The smallest absolute Gasteiger partial charge is 0.389 e. The van der Waals surface area contributed by atoms with Gasteiger partial charge in [-0.3, -0.25) is 0 Å². The van der Waals surface area contributed by atoms with Crippen LogP contribution in [0.3, 0.4) is 0 Å². The fraction of sp³-hybridized carbons (Fsp3) is 0.562. The lowest BCUT2D eigenvalue weighted by molar-refractivity contribution is -0.133. The van der Waals surface area contributed by atoms with Gasteiger partial charge >= 0.3 is 12.2 Å². The van der Waals surface area contributed by atoms with E-state index < -0.39 is 24.2 Å². The molecule has 1 fully saturated rings. The van der Waals surface area contributed by atoms with Crippen LogP contribution in [0.25, 0.3) is 0 Å². The van der Waals surface area contributed by atoms with Crippen molar-refractivity contribution in [2.45, 2.75) is 50.2 Å². The molecule has 3 N–H and O–H groups in total. The van der Waals surface area contributed by atoms with E-state index in [2.05, 4.69) is 10.6 Å². The molecule has 0 aliphatic heterocycles. The van der Waals surface area contributed by atoms with Crippen LogP contribution in [-0.2, 0) is 6.42 Å². The molecule has 1 aliphatic carbocycles. The maximum Gasteiger partial charge on any atom is 0.389 e. The number of halogens is 3. The minimum Gasteiger partial charge on any atom is -0.394 e. The summed E-state index contributed by atoms with van der Waals surface area (Å²) in [7, 11) is 0. The van der Waals surface area contributed by atoms with Gasteiger partial charge in [0.1, 0.15) is 0 Å². The third-order valence-corrected chi connectivity index (χ3v) is 4.19. The number of urea groups is 1. The molecule has 0 radical (unpaired) electrons. The number of aliphatic hydroxyl groups is 1. The first-order valence-corrected chi connectivity index (χ1v) is 7.68. The highest BCUT2D eigenvalue weighted by Crippen LogP contribution is 2.29. The second kappa shape index (κ2) is 7.21. The second-order valence-corrected chi connectivity index (χ2v) is 6.00. The van der Waals surface area contributed by atoms with Gasteiger partial charge in [-0.15, -0.1) is 0 Å². The number of nitrogens with one attached hydrogen (secondary N) is 2. The predicted octanol–water partition coefficient (Wildman–Crippen LogP) is 3.61. The van der Waals surface area contributed by atoms with Gasteiger partial charge in [0.15, 0.2) is 0 Å². The number of carbonyl (C=O) groups is 1. The van der Waals surface area contributed by atoms with Crippen LogP contribution in [0.5, 0.6) is 0 Å². The molecule has 23 heavy (non-hydrogen) atoms. The van der Waals surface area contributed by atoms with Crippen LogP contribution >= 0.6 is 0 Å². The molecular weight excluding hydrogens is 309 g/mol. The first-order chi connectivity index (χ1) is 10.8. The molecule has 1 saturated carbocycles. The van der Waals surface area contributed by atoms with E-state index in [0.717, 1.165) is 12.8 Å². The normalized spacial score (nSPS) is 17.0. The van der Waals surface area contributed by atoms with Gasteiger partial charge in [0.05, 0.1) is 12.1 Å². The van der Waals surface area contributed by atoms with Crippen LogP contribution in [-0.4, -0.2) is 29.5 Å². The molecule has 0 heterocycles. The Balaban J connectivity index is 2.00. The fourth-order valence-electron chi connectivity index (χ4n) is 2.91. The Bertz CT molecular complexity index is 540. The summed E-state index contributed by atoms with van der Waals surface area (Å²) < 4.78 is 37.1. The largest absolute Gasteiger partial charge is 0.394 e. The van der Waals surface area contributed by atoms with Gasteiger partial charge in [0.25, 0.3) is 0 Å². The average Bonchev–Trinajstić information content (AvgIpc) is 2.94. The van der Waals surface area contributed by atoms with E-state index >= 15 is 0 Å². The Morgan fingerprint density at radius 3 is 2.48 bits per heavy atom. The number of benzene rings is 1. The number of para-hydroxylation sites is 1. The van der Waals surface area contributed by atoms with Gasteiger partial charge in [-0.05, 0) is 30.9 Å². The Labute approximate surface area is 133 Å². The molecule has 128 valence electrons. The number of aliphatic hydroxyl groups excluding tert-OH is 1. The number of carbonyl (C=O) groups excluding carboxylic acids is 1. The SMILES string of the molecule is O=C(Nc1ccccc1CCC(F)(F)F)NC1(CO)CCCC1. The second-order valence-electron chi connectivity index (χ2n) is 6.00. The highest BCUT2D eigenvalue weighted by atomic mass is 19.4. The lowest BCUT2D eigenvalue weighted by Crippen LogP contribution is -2.50. The predicted molar refractivity (Wildman–Crippen MR) is 81.3 cm³/mol. The van der Waals surface area contributed by atoms with Gasteiger partial charge in [-0.1, -0.05) is 31.0 Å². The average molecular weight is 330 g/mol. The summed E-state index contributed by atoms with van der Waals surface area (Å²) in [6, 6.07) is 5.94. The van der Waals surface area contributed by atoms with E-state index in [9.17, 15) is 23.1 Å². The third kappa shape index (κ3) is 5.13. The van der Waals surface area contributed by atoms with Gasteiger partial charge in [0.2, 0.25) is 0 Å². The summed E-state index contributed by atoms with van der Waals surface area (Å²) in [5, 5.41) is 14.9. The summed E-state index contributed by atoms with van der Waals surface area (Å²) in [6.07, 6.45) is -2.09. The molecule has 0 bridgehead atoms. The van der Waals surface area contributed by atoms with Gasteiger partial charge in [-0.25, -0.2) is 4.79 Å². The van der Waals surface area contributed by atoms with E-state index in [1.54, 1.807) is 24.3 Å². The number of amides is 2. The minimum absolute atomic E-state index is 0.143. The standard InChI is InChI=1S/C16H21F3N2O2/c17-16(18,19)10-7-12-5-1-2-6-13(12)20-14(23)21-15(11-22)8-3-4-9-15/h1-2,5-6,22H,3-4,7-11H2,(H2,20,21,23). The van der Waals surface area contributed by atoms with Crippen LogP contribution in [0, 0.1) is 0 Å². The number of hydrogen-bond donors (Lipinski definition) is 3. The first-order valence-electron chi connectivity index (χ1n) is 7.68. The summed E-state index contributed by atoms with van der Waals surface area (Å²) in [6.45, 7) is -0.143. The fourth-order valence-corrected chi connectivity index (χ4v) is 2.91. The van der Waals surface area contributed by atoms with E-state index in [-0.39, 0.29) is 13.0 Å². The molecule has 4 nitrogen and oxygen atoms in total. The van der Waals surface area contributed by atoms with E-state index in [4.69, 9.17) is 0 Å². The van der Waals surface area contributed by atoms with Crippen molar-refractivity contribution in [3.05, 3.63) is 29.8 Å². The molecule has 0 spiro atoms. The zero-order chi connectivity index (χ0) is 16.9. The molecule has 0 atom stereocenters. The zero-order valence-corrected chi connectivity index (χ0v) is 12.7. The van der Waals surface area contributed by atoms with Crippen molar-refractivity contribution >= 4 is 11.7 Å². The monoisotopic (exact) mass is 330 g/mol. The summed E-state index contributed by atoms with van der Waals surface area (Å²) in [5.41, 5.74) is 0.176. The van der Waals surface area contributed by atoms with Crippen molar-refractivity contribution in [3.8, 4) is 0 Å². The lowest BCUT2D eigenvalue weighted by Gasteiger charge is -2.28. The van der Waals surface area contributed by atoms with Crippen molar-refractivity contribution in [3.63, 3.8) is 0 Å². The molecule has 0 unspecified atom stereocenters. The molecule has 0 saturated heterocycles. The van der Waals surface area contributed by atoms with Crippen LogP contribution < -0.4 is 10.6 Å². The summed E-state index contributed by atoms with van der Waals surface area (Å²) in [4.78, 5) is 12.1. The summed E-state index contributed by atoms with van der Waals surface area (Å²) >= 11 is 0. The Hall–Kier alpha value is -1.76. The number of rotatable bonds is 5. The van der Waals surface area contributed by atoms with Crippen molar-refractivity contribution in [1.82, 2.24) is 5.32 Å². The minimum atomic E-state index is -4.24. The first kappa shape index (κ1) is 17.6. The van der Waals surface area contributed by atoms with Crippen LogP contribution in [0.1, 0.15) is 37.7 Å². The van der Waals surface area contributed by atoms with E-state index in [1.807, 2.05) is 0 Å². The molecule has 2 amide bonds. The van der Waals surface area contributed by atoms with E-state index in [1.165, 1.54) is 0 Å². The maximum absolute atomic E-state index is 12.4. The van der Waals surface area contributed by atoms with E-state index in [0.29, 0.717) is 24.1 Å². The molecule has 1 aliphatic rings. The van der Waals surface area contributed by atoms with Crippen molar-refractivity contribution in [2.75, 3.05) is 11.9 Å². The van der Waals surface area contributed by atoms with Gasteiger partial charge < -0.3 is 15.7 Å². The summed E-state index contributed by atoms with van der Waals surface area (Å²) in [5.74, 6) is 0. The number of hydrogen-bond acceptors (Lipinski definition) is 2. The molecule has 2 rings (SSSR count). The Morgan fingerprint density at radius 2 is 1.87 bits per heavy atom. The topological polar surface area (TPSA) is 61.4 Å². The number of alkyl halides is 3. The maximum atomic E-state index is 12.4. The van der Waals surface area contributed by atoms with Crippen LogP contribution in [0.4, 0.5) is 23.7 Å². The van der Waals surface area contributed by atoms with Crippen LogP contribution in [0.2, 0.25) is 0 Å². The third-order valence-electron chi connectivity index (χ3n) is 4.19. The molecular formula is C16H21F3N2O2. The lowest BCUT2D eigenvalue weighted by atomic mass is 9.99. The zero-order valence-electron chi connectivity index (χ0n) is 12.7. The van der Waals surface area contributed by atoms with Gasteiger partial charge in [-0.2, -0.15) is 13.2 Å². The van der Waals surface area contributed by atoms with Crippen molar-refractivity contribution in [1.29, 1.82) is 0 Å². The highest BCUT2D eigenvalue weighted by Gasteiger charge is 2.34. The van der Waals surface area contributed by atoms with Crippen molar-refractivity contribution in [2.24, 2.45) is 0 Å². The van der Waals surface area contributed by atoms with Crippen molar-refractivity contribution < 1.29 is 23.1 Å². The number of aryl methyl sites for hydroxylation is 1. The Kier molecular flexibility index (Phi) is 5.51. The molecule has 0 aromatic heterocycles. The molecule has 1 aromatic rings.